The van der Waals surface area contributed by atoms with Crippen molar-refractivity contribution < 1.29 is 9.59 Å². The van der Waals surface area contributed by atoms with Crippen LogP contribution in [0.15, 0.2) is 72.8 Å². The zero-order valence-electron chi connectivity index (χ0n) is 21.0. The minimum absolute atomic E-state index is 0.137. The third-order valence-corrected chi connectivity index (χ3v) is 8.72. The maximum absolute atomic E-state index is 13.8. The molecule has 1 unspecified atom stereocenters. The molecule has 0 radical (unpaired) electrons. The zero-order valence-corrected chi connectivity index (χ0v) is 24.1. The number of carbonyl (C=O) groups excluding carboxylic acids is 2. The third-order valence-electron chi connectivity index (χ3n) is 6.77. The number of amides is 2. The number of hydrogen-bond acceptors (Lipinski definition) is 3. The number of benzene rings is 3. The fourth-order valence-electron chi connectivity index (χ4n) is 4.69. The fraction of sp³-hybridized carbons (Fsp3) is 0.333. The van der Waals surface area contributed by atoms with E-state index in [4.69, 9.17) is 34.8 Å². The fourth-order valence-corrected chi connectivity index (χ4v) is 6.21. The summed E-state index contributed by atoms with van der Waals surface area (Å²) in [6, 6.07) is 22.1. The Morgan fingerprint density at radius 3 is 2.18 bits per heavy atom. The van der Waals surface area contributed by atoms with Gasteiger partial charge >= 0.3 is 0 Å². The molecule has 1 aliphatic rings. The van der Waals surface area contributed by atoms with E-state index in [0.717, 1.165) is 36.8 Å². The summed E-state index contributed by atoms with van der Waals surface area (Å²) in [5, 5.41) is 4.84. The lowest BCUT2D eigenvalue weighted by Crippen LogP contribution is -2.52. The van der Waals surface area contributed by atoms with Crippen molar-refractivity contribution >= 4 is 58.4 Å². The summed E-state index contributed by atoms with van der Waals surface area (Å²) in [5.74, 6) is 0.593. The summed E-state index contributed by atoms with van der Waals surface area (Å²) in [6.07, 6.45) is 4.53. The van der Waals surface area contributed by atoms with E-state index in [-0.39, 0.29) is 30.2 Å². The number of nitrogens with one attached hydrogen (secondary N) is 1. The van der Waals surface area contributed by atoms with Gasteiger partial charge in [0.2, 0.25) is 11.8 Å². The van der Waals surface area contributed by atoms with Gasteiger partial charge in [-0.2, -0.15) is 0 Å². The molecule has 4 nitrogen and oxygen atoms in total. The summed E-state index contributed by atoms with van der Waals surface area (Å²) in [5.41, 5.74) is 2.70. The normalized spacial score (nSPS) is 14.3. The van der Waals surface area contributed by atoms with Crippen LogP contribution in [0.3, 0.4) is 0 Å². The van der Waals surface area contributed by atoms with Crippen molar-refractivity contribution in [3.05, 3.63) is 105 Å². The van der Waals surface area contributed by atoms with Crippen LogP contribution < -0.4 is 5.32 Å². The van der Waals surface area contributed by atoms with Crippen LogP contribution in [-0.4, -0.2) is 34.6 Å². The summed E-state index contributed by atoms with van der Waals surface area (Å²) >= 11 is 20.5. The maximum Gasteiger partial charge on any atom is 0.243 e. The molecule has 3 aromatic rings. The van der Waals surface area contributed by atoms with E-state index in [2.05, 4.69) is 5.32 Å². The van der Waals surface area contributed by atoms with Crippen LogP contribution in [0.5, 0.6) is 0 Å². The first-order valence-corrected chi connectivity index (χ1v) is 15.1. The number of carbonyl (C=O) groups is 2. The molecule has 0 aromatic heterocycles. The first-order valence-electron chi connectivity index (χ1n) is 12.8. The second-order valence-electron chi connectivity index (χ2n) is 9.54. The Bertz CT molecular complexity index is 1200. The quantitative estimate of drug-likeness (QED) is 0.251. The van der Waals surface area contributed by atoms with Crippen LogP contribution >= 0.6 is 46.6 Å². The topological polar surface area (TPSA) is 49.4 Å². The second kappa shape index (κ2) is 14.3. The Balaban J connectivity index is 1.59. The molecule has 1 N–H and O–H groups in total. The lowest BCUT2D eigenvalue weighted by atomic mass is 10.0. The first-order chi connectivity index (χ1) is 18.4. The SMILES string of the molecule is O=C(NC1CCCC1)C(Cc1ccccc1)N(Cc1c(Cl)cccc1Cl)C(=O)CSCc1ccc(Cl)cc1. The van der Waals surface area contributed by atoms with E-state index < -0.39 is 6.04 Å². The molecule has 0 saturated heterocycles. The molecule has 1 fully saturated rings. The van der Waals surface area contributed by atoms with Gasteiger partial charge in [0.25, 0.3) is 0 Å². The predicted octanol–water partition coefficient (Wildman–Crippen LogP) is 7.58. The Hall–Kier alpha value is -2.18. The van der Waals surface area contributed by atoms with Crippen LogP contribution in [0.1, 0.15) is 42.4 Å². The molecule has 4 rings (SSSR count). The van der Waals surface area contributed by atoms with Crippen LogP contribution in [0, 0.1) is 0 Å². The van der Waals surface area contributed by atoms with Gasteiger partial charge in [0, 0.05) is 45.4 Å². The summed E-state index contributed by atoms with van der Waals surface area (Å²) in [7, 11) is 0. The van der Waals surface area contributed by atoms with Crippen molar-refractivity contribution in [1.82, 2.24) is 10.2 Å². The highest BCUT2D eigenvalue weighted by molar-refractivity contribution is 7.99. The average Bonchev–Trinajstić information content (AvgIpc) is 3.42. The molecule has 0 spiro atoms. The number of nitrogens with zero attached hydrogens (tertiary/aromatic N) is 1. The third kappa shape index (κ3) is 8.16. The van der Waals surface area contributed by atoms with Gasteiger partial charge in [0.1, 0.15) is 6.04 Å². The summed E-state index contributed by atoms with van der Waals surface area (Å²) < 4.78 is 0. The van der Waals surface area contributed by atoms with Crippen LogP contribution in [0.4, 0.5) is 0 Å². The van der Waals surface area contributed by atoms with Gasteiger partial charge < -0.3 is 10.2 Å². The molecular weight excluding hydrogens is 559 g/mol. The molecule has 200 valence electrons. The van der Waals surface area contributed by atoms with Gasteiger partial charge in [-0.15, -0.1) is 11.8 Å². The molecule has 1 atom stereocenters. The van der Waals surface area contributed by atoms with Crippen molar-refractivity contribution in [2.24, 2.45) is 0 Å². The summed E-state index contributed by atoms with van der Waals surface area (Å²) in [4.78, 5) is 29.2. The predicted molar refractivity (Wildman–Crippen MR) is 159 cm³/mol. The van der Waals surface area contributed by atoms with Crippen molar-refractivity contribution in [3.8, 4) is 0 Å². The molecule has 3 aromatic carbocycles. The van der Waals surface area contributed by atoms with Crippen LogP contribution in [-0.2, 0) is 28.3 Å². The van der Waals surface area contributed by atoms with E-state index in [1.807, 2.05) is 54.6 Å². The maximum atomic E-state index is 13.8. The lowest BCUT2D eigenvalue weighted by molar-refractivity contribution is -0.139. The van der Waals surface area contributed by atoms with Crippen molar-refractivity contribution in [2.75, 3.05) is 5.75 Å². The van der Waals surface area contributed by atoms with Crippen molar-refractivity contribution in [3.63, 3.8) is 0 Å². The Kier molecular flexibility index (Phi) is 10.8. The van der Waals surface area contributed by atoms with Crippen LogP contribution in [0.25, 0.3) is 0 Å². The van der Waals surface area contributed by atoms with Crippen LogP contribution in [0.2, 0.25) is 15.1 Å². The lowest BCUT2D eigenvalue weighted by Gasteiger charge is -2.33. The minimum Gasteiger partial charge on any atom is -0.352 e. The highest BCUT2D eigenvalue weighted by Crippen LogP contribution is 2.28. The molecule has 1 saturated carbocycles. The van der Waals surface area contributed by atoms with Gasteiger partial charge in [-0.05, 0) is 48.2 Å². The first kappa shape index (κ1) is 28.8. The largest absolute Gasteiger partial charge is 0.352 e. The van der Waals surface area contributed by atoms with E-state index in [1.54, 1.807) is 23.1 Å². The van der Waals surface area contributed by atoms with Crippen molar-refractivity contribution in [1.29, 1.82) is 0 Å². The van der Waals surface area contributed by atoms with E-state index in [0.29, 0.717) is 32.8 Å². The number of hydrogen-bond donors (Lipinski definition) is 1. The molecule has 0 bridgehead atoms. The highest BCUT2D eigenvalue weighted by atomic mass is 35.5. The average molecular weight is 590 g/mol. The van der Waals surface area contributed by atoms with Gasteiger partial charge in [0.15, 0.2) is 0 Å². The Morgan fingerprint density at radius 2 is 1.53 bits per heavy atom. The van der Waals surface area contributed by atoms with E-state index in [1.165, 1.54) is 11.8 Å². The second-order valence-corrected chi connectivity index (χ2v) is 11.8. The molecule has 8 heteroatoms. The summed E-state index contributed by atoms with van der Waals surface area (Å²) in [6.45, 7) is 0.147. The van der Waals surface area contributed by atoms with Gasteiger partial charge in [-0.25, -0.2) is 0 Å². The zero-order chi connectivity index (χ0) is 26.9. The molecular formula is C30H31Cl3N2O2S. The molecule has 1 aliphatic carbocycles. The van der Waals surface area contributed by atoms with Gasteiger partial charge in [-0.1, -0.05) is 96.2 Å². The number of halogens is 3. The minimum atomic E-state index is -0.700. The van der Waals surface area contributed by atoms with Gasteiger partial charge in [-0.3, -0.25) is 9.59 Å². The molecule has 2 amide bonds. The number of rotatable bonds is 11. The monoisotopic (exact) mass is 588 g/mol. The Morgan fingerprint density at radius 1 is 0.868 bits per heavy atom. The number of thioether (sulfide) groups is 1. The molecule has 0 heterocycles. The highest BCUT2D eigenvalue weighted by Gasteiger charge is 2.32. The Labute approximate surface area is 244 Å². The van der Waals surface area contributed by atoms with Crippen molar-refractivity contribution in [2.45, 2.75) is 56.5 Å². The van der Waals surface area contributed by atoms with E-state index in [9.17, 15) is 9.59 Å². The molecule has 0 aliphatic heterocycles. The molecule has 38 heavy (non-hydrogen) atoms. The van der Waals surface area contributed by atoms with E-state index >= 15 is 0 Å². The van der Waals surface area contributed by atoms with Gasteiger partial charge in [0.05, 0.1) is 5.75 Å². The standard InChI is InChI=1S/C30H31Cl3N2O2S/c31-23-15-13-22(14-16-23)19-38-20-29(36)35(18-25-26(32)11-6-12-27(25)33)28(17-21-7-2-1-3-8-21)30(37)34-24-9-4-5-10-24/h1-3,6-8,11-16,24,28H,4-5,9-10,17-20H2,(H,34,37). The smallest absolute Gasteiger partial charge is 0.243 e.